The molecule has 0 saturated heterocycles. The Labute approximate surface area is 196 Å². The van der Waals surface area contributed by atoms with Crippen LogP contribution >= 0.6 is 0 Å². The lowest BCUT2D eigenvalue weighted by molar-refractivity contribution is 0.249. The number of nitrogens with one attached hydrogen (secondary N) is 1. The zero-order valence-electron chi connectivity index (χ0n) is 18.1. The molecule has 0 aliphatic heterocycles. The van der Waals surface area contributed by atoms with Crippen LogP contribution in [0.15, 0.2) is 52.5 Å². The summed E-state index contributed by atoms with van der Waals surface area (Å²) in [7, 11) is -1.26. The van der Waals surface area contributed by atoms with Gasteiger partial charge in [0.15, 0.2) is 5.75 Å². The van der Waals surface area contributed by atoms with E-state index in [4.69, 9.17) is 14.2 Å². The van der Waals surface area contributed by atoms with Gasteiger partial charge in [-0.15, -0.1) is 0 Å². The molecule has 0 aliphatic rings. The number of sulfonamides is 1. The maximum Gasteiger partial charge on any atom is 0.276 e. The number of benzene rings is 3. The maximum atomic E-state index is 13.9. The molecule has 0 spiro atoms. The molecule has 0 unspecified atom stereocenters. The van der Waals surface area contributed by atoms with Gasteiger partial charge in [0, 0.05) is 5.56 Å². The molecule has 0 atom stereocenters. The van der Waals surface area contributed by atoms with Crippen LogP contribution in [0.1, 0.15) is 11.1 Å². The van der Waals surface area contributed by atoms with Gasteiger partial charge in [0.25, 0.3) is 10.0 Å². The highest BCUT2D eigenvalue weighted by Crippen LogP contribution is 2.30. The minimum absolute atomic E-state index is 0.0675. The molecule has 0 aliphatic carbocycles. The van der Waals surface area contributed by atoms with Crippen LogP contribution in [0.3, 0.4) is 0 Å². The monoisotopic (exact) mass is 516 g/mol. The Morgan fingerprint density at radius 2 is 1.46 bits per heavy atom. The number of ether oxygens (including phenoxy) is 3. The van der Waals surface area contributed by atoms with Gasteiger partial charge >= 0.3 is 0 Å². The fourth-order valence-corrected chi connectivity index (χ4v) is 3.62. The van der Waals surface area contributed by atoms with Gasteiger partial charge in [0.05, 0.1) is 25.3 Å². The van der Waals surface area contributed by atoms with Crippen molar-refractivity contribution in [2.75, 3.05) is 14.2 Å². The third-order valence-electron chi connectivity index (χ3n) is 4.60. The number of rotatable bonds is 9. The first kappa shape index (κ1) is 25.7. The van der Waals surface area contributed by atoms with Crippen molar-refractivity contribution in [2.45, 2.75) is 11.5 Å². The van der Waals surface area contributed by atoms with Crippen LogP contribution in [0.5, 0.6) is 17.2 Å². The molecule has 0 heterocycles. The summed E-state index contributed by atoms with van der Waals surface area (Å²) in [6, 6.07) is 9.80. The molecule has 3 aromatic rings. The highest BCUT2D eigenvalue weighted by molar-refractivity contribution is 7.89. The maximum absolute atomic E-state index is 13.9. The number of hydrazone groups is 1. The Bertz CT molecular complexity index is 1340. The fraction of sp³-hybridized carbons (Fsp3) is 0.136. The SMILES string of the molecule is COc1ccc(S(=O)(=O)NN=Cc2ccc(OC)c(COc3c(F)c(F)c(F)c(F)c3F)c2)cc1. The number of halogens is 5. The predicted octanol–water partition coefficient (Wildman–Crippen LogP) is 4.29. The van der Waals surface area contributed by atoms with Crippen LogP contribution in [-0.2, 0) is 16.6 Å². The molecule has 3 rings (SSSR count). The molecule has 0 radical (unpaired) electrons. The summed E-state index contributed by atoms with van der Waals surface area (Å²) in [5.74, 6) is -11.6. The van der Waals surface area contributed by atoms with Gasteiger partial charge in [-0.1, -0.05) is 0 Å². The van der Waals surface area contributed by atoms with Crippen LogP contribution in [0.2, 0.25) is 0 Å². The normalized spacial score (nSPS) is 11.5. The second-order valence-corrected chi connectivity index (χ2v) is 8.45. The third-order valence-corrected chi connectivity index (χ3v) is 5.84. The quantitative estimate of drug-likeness (QED) is 0.151. The smallest absolute Gasteiger partial charge is 0.276 e. The Morgan fingerprint density at radius 3 is 2.03 bits per heavy atom. The summed E-state index contributed by atoms with van der Waals surface area (Å²) in [6.45, 7) is -0.638. The molecular weight excluding hydrogens is 499 g/mol. The van der Waals surface area contributed by atoms with Crippen molar-refractivity contribution >= 4 is 16.2 Å². The zero-order valence-corrected chi connectivity index (χ0v) is 18.9. The second kappa shape index (κ2) is 10.6. The minimum Gasteiger partial charge on any atom is -0.497 e. The van der Waals surface area contributed by atoms with E-state index in [1.807, 2.05) is 4.83 Å². The molecule has 1 N–H and O–H groups in total. The molecule has 35 heavy (non-hydrogen) atoms. The third kappa shape index (κ3) is 5.62. The van der Waals surface area contributed by atoms with E-state index in [-0.39, 0.29) is 16.2 Å². The highest BCUT2D eigenvalue weighted by Gasteiger charge is 2.27. The van der Waals surface area contributed by atoms with Gasteiger partial charge < -0.3 is 14.2 Å². The molecular formula is C22H17F5N2O5S. The van der Waals surface area contributed by atoms with Gasteiger partial charge in [-0.05, 0) is 48.0 Å². The Balaban J connectivity index is 1.78. The van der Waals surface area contributed by atoms with Crippen molar-refractivity contribution in [3.05, 3.63) is 82.7 Å². The lowest BCUT2D eigenvalue weighted by atomic mass is 10.1. The van der Waals surface area contributed by atoms with Gasteiger partial charge in [-0.25, -0.2) is 18.0 Å². The van der Waals surface area contributed by atoms with E-state index >= 15 is 0 Å². The summed E-state index contributed by atoms with van der Waals surface area (Å²) in [4.78, 5) is 1.95. The van der Waals surface area contributed by atoms with Crippen molar-refractivity contribution in [2.24, 2.45) is 5.10 Å². The number of methoxy groups -OCH3 is 2. The summed E-state index contributed by atoms with van der Waals surface area (Å²) in [5, 5.41) is 3.67. The first-order valence-electron chi connectivity index (χ1n) is 9.59. The van der Waals surface area contributed by atoms with Crippen molar-refractivity contribution < 1.29 is 44.6 Å². The van der Waals surface area contributed by atoms with E-state index in [0.29, 0.717) is 11.3 Å². The lowest BCUT2D eigenvalue weighted by Gasteiger charge is -2.13. The molecule has 13 heteroatoms. The van der Waals surface area contributed by atoms with E-state index in [2.05, 4.69) is 5.10 Å². The van der Waals surface area contributed by atoms with E-state index < -0.39 is 51.5 Å². The standard InChI is InChI=1S/C22H17F5N2O5S/c1-32-14-4-6-15(7-5-14)35(30,31)29-28-10-12-3-8-16(33-2)13(9-12)11-34-22-20(26)18(24)17(23)19(25)21(22)27/h3-10,29H,11H2,1-2H3. The van der Waals surface area contributed by atoms with Crippen LogP contribution in [-0.4, -0.2) is 28.9 Å². The molecule has 0 aromatic heterocycles. The van der Waals surface area contributed by atoms with Crippen molar-refractivity contribution in [1.82, 2.24) is 4.83 Å². The topological polar surface area (TPSA) is 86.2 Å². The van der Waals surface area contributed by atoms with Crippen LogP contribution in [0.4, 0.5) is 22.0 Å². The summed E-state index contributed by atoms with van der Waals surface area (Å²) >= 11 is 0. The number of hydrogen-bond donors (Lipinski definition) is 1. The Hall–Kier alpha value is -3.87. The highest BCUT2D eigenvalue weighted by atomic mass is 32.2. The fourth-order valence-electron chi connectivity index (χ4n) is 2.83. The molecule has 0 bridgehead atoms. The average molecular weight is 516 g/mol. The Morgan fingerprint density at radius 1 is 0.857 bits per heavy atom. The van der Waals surface area contributed by atoms with E-state index in [1.165, 1.54) is 56.7 Å². The lowest BCUT2D eigenvalue weighted by Crippen LogP contribution is -2.18. The van der Waals surface area contributed by atoms with Gasteiger partial charge in [0.2, 0.25) is 29.1 Å². The van der Waals surface area contributed by atoms with Gasteiger partial charge in [0.1, 0.15) is 18.1 Å². The largest absolute Gasteiger partial charge is 0.497 e. The van der Waals surface area contributed by atoms with Crippen LogP contribution < -0.4 is 19.0 Å². The molecule has 0 fully saturated rings. The van der Waals surface area contributed by atoms with Crippen molar-refractivity contribution in [3.8, 4) is 17.2 Å². The average Bonchev–Trinajstić information content (AvgIpc) is 2.86. The summed E-state index contributed by atoms with van der Waals surface area (Å²) in [5.41, 5.74) is 0.456. The van der Waals surface area contributed by atoms with E-state index in [0.717, 1.165) is 6.21 Å². The summed E-state index contributed by atoms with van der Waals surface area (Å²) < 4.78 is 107. The Kier molecular flexibility index (Phi) is 7.79. The minimum atomic E-state index is -3.98. The molecule has 3 aromatic carbocycles. The second-order valence-electron chi connectivity index (χ2n) is 6.79. The number of hydrogen-bond acceptors (Lipinski definition) is 6. The molecule has 0 saturated carbocycles. The molecule has 186 valence electrons. The number of nitrogens with zero attached hydrogens (tertiary/aromatic N) is 1. The van der Waals surface area contributed by atoms with Crippen LogP contribution in [0, 0.1) is 29.1 Å². The van der Waals surface area contributed by atoms with Crippen molar-refractivity contribution in [1.29, 1.82) is 0 Å². The van der Waals surface area contributed by atoms with Gasteiger partial charge in [-0.3, -0.25) is 0 Å². The van der Waals surface area contributed by atoms with E-state index in [1.54, 1.807) is 0 Å². The van der Waals surface area contributed by atoms with Crippen LogP contribution in [0.25, 0.3) is 0 Å². The first-order valence-corrected chi connectivity index (χ1v) is 11.1. The first-order chi connectivity index (χ1) is 16.6. The summed E-state index contributed by atoms with van der Waals surface area (Å²) in [6.07, 6.45) is 1.13. The van der Waals surface area contributed by atoms with Gasteiger partial charge in [-0.2, -0.15) is 22.3 Å². The van der Waals surface area contributed by atoms with Crippen molar-refractivity contribution in [3.63, 3.8) is 0 Å². The predicted molar refractivity (Wildman–Crippen MR) is 114 cm³/mol. The molecule has 0 amide bonds. The van der Waals surface area contributed by atoms with E-state index in [9.17, 15) is 30.4 Å². The zero-order chi connectivity index (χ0) is 25.8. The molecule has 7 nitrogen and oxygen atoms in total.